The third-order valence-electron chi connectivity index (χ3n) is 4.17. The molecular weight excluding hydrogens is 232 g/mol. The SMILES string of the molecule is CC(C)c1ccc2c(c1)c(C(CN)C(C)C)cn2C. The van der Waals surface area contributed by atoms with Crippen LogP contribution in [0.5, 0.6) is 0 Å². The molecule has 2 N–H and O–H groups in total. The Hall–Kier alpha value is -1.28. The van der Waals surface area contributed by atoms with Crippen molar-refractivity contribution < 1.29 is 0 Å². The molecule has 1 aromatic carbocycles. The lowest BCUT2D eigenvalue weighted by Gasteiger charge is -2.18. The van der Waals surface area contributed by atoms with Crippen molar-refractivity contribution in [2.24, 2.45) is 18.7 Å². The second-order valence-corrected chi connectivity index (χ2v) is 6.21. The second kappa shape index (κ2) is 5.38. The largest absolute Gasteiger partial charge is 0.350 e. The Kier molecular flexibility index (Phi) is 4.00. The van der Waals surface area contributed by atoms with Gasteiger partial charge in [-0.05, 0) is 41.6 Å². The van der Waals surface area contributed by atoms with E-state index in [0.717, 1.165) is 0 Å². The Morgan fingerprint density at radius 1 is 1.16 bits per heavy atom. The zero-order valence-electron chi connectivity index (χ0n) is 12.8. The summed E-state index contributed by atoms with van der Waals surface area (Å²) in [6.07, 6.45) is 2.26. The molecule has 0 aliphatic rings. The van der Waals surface area contributed by atoms with Crippen LogP contribution in [0.4, 0.5) is 0 Å². The Bertz CT molecular complexity index is 564. The van der Waals surface area contributed by atoms with E-state index in [1.807, 2.05) is 0 Å². The molecule has 0 radical (unpaired) electrons. The summed E-state index contributed by atoms with van der Waals surface area (Å²) in [5.74, 6) is 1.57. The van der Waals surface area contributed by atoms with E-state index in [-0.39, 0.29) is 0 Å². The molecule has 2 nitrogen and oxygen atoms in total. The van der Waals surface area contributed by atoms with Gasteiger partial charge in [0.05, 0.1) is 0 Å². The maximum atomic E-state index is 5.99. The predicted octanol–water partition coefficient (Wildman–Crippen LogP) is 4.00. The standard InChI is InChI=1S/C17H26N2/c1-11(2)13-6-7-17-14(8-13)16(10-19(17)5)15(9-18)12(3)4/h6-8,10-12,15H,9,18H2,1-5H3. The Labute approximate surface area is 116 Å². The molecule has 1 heterocycles. The van der Waals surface area contributed by atoms with Crippen LogP contribution in [-0.4, -0.2) is 11.1 Å². The molecule has 0 spiro atoms. The highest BCUT2D eigenvalue weighted by molar-refractivity contribution is 5.85. The Morgan fingerprint density at radius 2 is 1.84 bits per heavy atom. The van der Waals surface area contributed by atoms with Crippen molar-refractivity contribution in [1.82, 2.24) is 4.57 Å². The van der Waals surface area contributed by atoms with E-state index < -0.39 is 0 Å². The first-order valence-electron chi connectivity index (χ1n) is 7.24. The topological polar surface area (TPSA) is 30.9 Å². The summed E-state index contributed by atoms with van der Waals surface area (Å²) in [5, 5.41) is 1.37. The van der Waals surface area contributed by atoms with Crippen molar-refractivity contribution in [2.75, 3.05) is 6.54 Å². The third-order valence-corrected chi connectivity index (χ3v) is 4.17. The van der Waals surface area contributed by atoms with E-state index in [4.69, 9.17) is 5.73 Å². The number of aromatic nitrogens is 1. The maximum Gasteiger partial charge on any atom is 0.0480 e. The van der Waals surface area contributed by atoms with Crippen LogP contribution in [0.2, 0.25) is 0 Å². The van der Waals surface area contributed by atoms with Gasteiger partial charge in [0.25, 0.3) is 0 Å². The highest BCUT2D eigenvalue weighted by Gasteiger charge is 2.19. The summed E-state index contributed by atoms with van der Waals surface area (Å²) in [4.78, 5) is 0. The zero-order valence-corrected chi connectivity index (χ0v) is 12.8. The Balaban J connectivity index is 2.63. The fraction of sp³-hybridized carbons (Fsp3) is 0.529. The first-order chi connectivity index (χ1) is 8.95. The van der Waals surface area contributed by atoms with Crippen molar-refractivity contribution in [3.8, 4) is 0 Å². The molecule has 0 amide bonds. The van der Waals surface area contributed by atoms with Gasteiger partial charge in [-0.25, -0.2) is 0 Å². The summed E-state index contributed by atoms with van der Waals surface area (Å²) < 4.78 is 2.22. The number of nitrogens with two attached hydrogens (primary N) is 1. The maximum absolute atomic E-state index is 5.99. The monoisotopic (exact) mass is 258 g/mol. The van der Waals surface area contributed by atoms with Crippen LogP contribution in [-0.2, 0) is 7.05 Å². The molecular formula is C17H26N2. The van der Waals surface area contributed by atoms with Crippen molar-refractivity contribution in [3.63, 3.8) is 0 Å². The predicted molar refractivity (Wildman–Crippen MR) is 83.6 cm³/mol. The van der Waals surface area contributed by atoms with Gasteiger partial charge in [-0.3, -0.25) is 0 Å². The van der Waals surface area contributed by atoms with Crippen LogP contribution >= 0.6 is 0 Å². The highest BCUT2D eigenvalue weighted by Crippen LogP contribution is 2.33. The van der Waals surface area contributed by atoms with E-state index in [9.17, 15) is 0 Å². The molecule has 1 aromatic heterocycles. The highest BCUT2D eigenvalue weighted by atomic mass is 14.9. The minimum atomic E-state index is 0.436. The number of hydrogen-bond donors (Lipinski definition) is 1. The van der Waals surface area contributed by atoms with Crippen LogP contribution in [0.1, 0.15) is 50.7 Å². The fourth-order valence-corrected chi connectivity index (χ4v) is 2.85. The van der Waals surface area contributed by atoms with Gasteiger partial charge in [-0.15, -0.1) is 0 Å². The van der Waals surface area contributed by atoms with E-state index in [1.165, 1.54) is 22.0 Å². The number of hydrogen-bond acceptors (Lipinski definition) is 1. The quantitative estimate of drug-likeness (QED) is 0.883. The van der Waals surface area contributed by atoms with Crippen molar-refractivity contribution in [3.05, 3.63) is 35.5 Å². The van der Waals surface area contributed by atoms with E-state index in [1.54, 1.807) is 0 Å². The van der Waals surface area contributed by atoms with Crippen LogP contribution < -0.4 is 5.73 Å². The van der Waals surface area contributed by atoms with Gasteiger partial charge in [0.15, 0.2) is 0 Å². The minimum Gasteiger partial charge on any atom is -0.350 e. The van der Waals surface area contributed by atoms with Crippen molar-refractivity contribution in [1.29, 1.82) is 0 Å². The molecule has 2 rings (SSSR count). The number of fused-ring (bicyclic) bond motifs is 1. The summed E-state index contributed by atoms with van der Waals surface area (Å²) in [7, 11) is 2.12. The van der Waals surface area contributed by atoms with Crippen LogP contribution in [0, 0.1) is 5.92 Å². The summed E-state index contributed by atoms with van der Waals surface area (Å²) in [5.41, 5.74) is 10.1. The van der Waals surface area contributed by atoms with E-state index in [0.29, 0.717) is 24.3 Å². The summed E-state index contributed by atoms with van der Waals surface area (Å²) in [6, 6.07) is 6.83. The van der Waals surface area contributed by atoms with Crippen molar-refractivity contribution >= 4 is 10.9 Å². The molecule has 2 aromatic rings. The minimum absolute atomic E-state index is 0.436. The molecule has 0 aliphatic heterocycles. The number of benzene rings is 1. The van der Waals surface area contributed by atoms with Gasteiger partial charge in [-0.1, -0.05) is 33.8 Å². The lowest BCUT2D eigenvalue weighted by molar-refractivity contribution is 0.508. The van der Waals surface area contributed by atoms with Gasteiger partial charge < -0.3 is 10.3 Å². The zero-order chi connectivity index (χ0) is 14.2. The molecule has 19 heavy (non-hydrogen) atoms. The smallest absolute Gasteiger partial charge is 0.0480 e. The molecule has 2 heteroatoms. The lowest BCUT2D eigenvalue weighted by Crippen LogP contribution is -2.17. The summed E-state index contributed by atoms with van der Waals surface area (Å²) >= 11 is 0. The molecule has 0 aliphatic carbocycles. The molecule has 1 unspecified atom stereocenters. The van der Waals surface area contributed by atoms with Gasteiger partial charge in [0.1, 0.15) is 0 Å². The lowest BCUT2D eigenvalue weighted by atomic mass is 9.87. The first-order valence-corrected chi connectivity index (χ1v) is 7.24. The van der Waals surface area contributed by atoms with Crippen LogP contribution in [0.15, 0.2) is 24.4 Å². The molecule has 0 bridgehead atoms. The fourth-order valence-electron chi connectivity index (χ4n) is 2.85. The number of aryl methyl sites for hydroxylation is 1. The first kappa shape index (κ1) is 14.1. The Morgan fingerprint density at radius 3 is 2.37 bits per heavy atom. The average Bonchev–Trinajstić information content (AvgIpc) is 2.67. The normalized spacial score (nSPS) is 13.7. The van der Waals surface area contributed by atoms with E-state index >= 15 is 0 Å². The van der Waals surface area contributed by atoms with Gasteiger partial charge in [0, 0.05) is 30.1 Å². The van der Waals surface area contributed by atoms with Crippen LogP contribution in [0.3, 0.4) is 0 Å². The molecule has 0 fully saturated rings. The van der Waals surface area contributed by atoms with Gasteiger partial charge >= 0.3 is 0 Å². The summed E-state index contributed by atoms with van der Waals surface area (Å²) in [6.45, 7) is 9.70. The molecule has 1 atom stereocenters. The van der Waals surface area contributed by atoms with Crippen molar-refractivity contribution in [2.45, 2.75) is 39.5 Å². The van der Waals surface area contributed by atoms with Crippen LogP contribution in [0.25, 0.3) is 10.9 Å². The van der Waals surface area contributed by atoms with Gasteiger partial charge in [-0.2, -0.15) is 0 Å². The second-order valence-electron chi connectivity index (χ2n) is 6.21. The van der Waals surface area contributed by atoms with E-state index in [2.05, 4.69) is 63.7 Å². The average molecular weight is 258 g/mol. The number of nitrogens with zero attached hydrogens (tertiary/aromatic N) is 1. The third kappa shape index (κ3) is 2.55. The molecule has 104 valence electrons. The molecule has 0 saturated carbocycles. The van der Waals surface area contributed by atoms with Gasteiger partial charge in [0.2, 0.25) is 0 Å². The number of rotatable bonds is 4. The molecule has 0 saturated heterocycles.